The summed E-state index contributed by atoms with van der Waals surface area (Å²) in [5.74, 6) is 0. The maximum atomic E-state index is 11.6. The Morgan fingerprint density at radius 1 is 1.50 bits per heavy atom. The van der Waals surface area contributed by atoms with E-state index in [1.54, 1.807) is 4.90 Å². The average Bonchev–Trinajstić information content (AvgIpc) is 2.29. The minimum atomic E-state index is -0.348. The fourth-order valence-electron chi connectivity index (χ4n) is 1.48. The first-order valence-electron chi connectivity index (χ1n) is 5.31. The van der Waals surface area contributed by atoms with Gasteiger partial charge in [0.05, 0.1) is 7.11 Å². The summed E-state index contributed by atoms with van der Waals surface area (Å²) in [6, 6.07) is 7.75. The van der Waals surface area contributed by atoms with Gasteiger partial charge < -0.3 is 10.5 Å². The highest BCUT2D eigenvalue weighted by Crippen LogP contribution is 2.17. The van der Waals surface area contributed by atoms with Crippen LogP contribution in [0.25, 0.3) is 0 Å². The molecule has 0 aliphatic heterocycles. The van der Waals surface area contributed by atoms with Gasteiger partial charge in [-0.15, -0.1) is 0 Å². The van der Waals surface area contributed by atoms with E-state index in [-0.39, 0.29) is 6.09 Å². The van der Waals surface area contributed by atoms with Gasteiger partial charge in [0.2, 0.25) is 0 Å². The molecule has 1 aromatic carbocycles. The Hall–Kier alpha value is -1.55. The standard InChI is InChI=1S/C12H18N2O2/c1-10-5-3-6-11(9-10)14(8-4-7-13)12(15)16-2/h3,5-6,9H,4,7-8,13H2,1-2H3. The highest BCUT2D eigenvalue weighted by Gasteiger charge is 2.15. The van der Waals surface area contributed by atoms with E-state index >= 15 is 0 Å². The van der Waals surface area contributed by atoms with E-state index < -0.39 is 0 Å². The zero-order valence-electron chi connectivity index (χ0n) is 9.77. The van der Waals surface area contributed by atoms with Crippen molar-refractivity contribution >= 4 is 11.8 Å². The molecule has 0 unspecified atom stereocenters. The molecule has 0 aliphatic carbocycles. The Morgan fingerprint density at radius 3 is 2.81 bits per heavy atom. The number of rotatable bonds is 4. The molecular formula is C12H18N2O2. The number of nitrogens with zero attached hydrogens (tertiary/aromatic N) is 1. The molecule has 0 saturated carbocycles. The number of nitrogens with two attached hydrogens (primary N) is 1. The van der Waals surface area contributed by atoms with Crippen molar-refractivity contribution in [3.63, 3.8) is 0 Å². The van der Waals surface area contributed by atoms with Gasteiger partial charge in [0.15, 0.2) is 0 Å². The first kappa shape index (κ1) is 12.5. The number of carbonyl (C=O) groups excluding carboxylic acids is 1. The lowest BCUT2D eigenvalue weighted by Gasteiger charge is -2.21. The van der Waals surface area contributed by atoms with Gasteiger partial charge in [-0.25, -0.2) is 4.79 Å². The van der Waals surface area contributed by atoms with Gasteiger partial charge in [-0.1, -0.05) is 12.1 Å². The Kier molecular flexibility index (Phi) is 4.79. The third-order valence-corrected chi connectivity index (χ3v) is 2.29. The lowest BCUT2D eigenvalue weighted by molar-refractivity contribution is 0.178. The van der Waals surface area contributed by atoms with Crippen molar-refractivity contribution in [3.05, 3.63) is 29.8 Å². The number of benzene rings is 1. The monoisotopic (exact) mass is 222 g/mol. The van der Waals surface area contributed by atoms with Crippen molar-refractivity contribution in [2.45, 2.75) is 13.3 Å². The molecular weight excluding hydrogens is 204 g/mol. The van der Waals surface area contributed by atoms with Crippen molar-refractivity contribution in [3.8, 4) is 0 Å². The second-order valence-corrected chi connectivity index (χ2v) is 3.60. The third kappa shape index (κ3) is 3.24. The summed E-state index contributed by atoms with van der Waals surface area (Å²) < 4.78 is 4.75. The zero-order valence-corrected chi connectivity index (χ0v) is 9.77. The van der Waals surface area contributed by atoms with E-state index in [0.717, 1.165) is 17.7 Å². The maximum absolute atomic E-state index is 11.6. The van der Waals surface area contributed by atoms with Crippen LogP contribution in [0.15, 0.2) is 24.3 Å². The molecule has 16 heavy (non-hydrogen) atoms. The number of hydrogen-bond acceptors (Lipinski definition) is 3. The summed E-state index contributed by atoms with van der Waals surface area (Å²) in [7, 11) is 1.38. The Labute approximate surface area is 96.0 Å². The topological polar surface area (TPSA) is 55.6 Å². The minimum Gasteiger partial charge on any atom is -0.452 e. The maximum Gasteiger partial charge on any atom is 0.413 e. The Bertz CT molecular complexity index is 353. The molecule has 0 fully saturated rings. The molecule has 0 atom stereocenters. The second-order valence-electron chi connectivity index (χ2n) is 3.60. The van der Waals surface area contributed by atoms with Crippen LogP contribution in [-0.4, -0.2) is 26.3 Å². The van der Waals surface area contributed by atoms with Crippen molar-refractivity contribution in [2.75, 3.05) is 25.1 Å². The fraction of sp³-hybridized carbons (Fsp3) is 0.417. The summed E-state index contributed by atoms with van der Waals surface area (Å²) in [5.41, 5.74) is 7.41. The Balaban J connectivity index is 2.87. The Morgan fingerprint density at radius 2 is 2.25 bits per heavy atom. The normalized spacial score (nSPS) is 9.94. The molecule has 0 bridgehead atoms. The minimum absolute atomic E-state index is 0.348. The predicted octanol–water partition coefficient (Wildman–Crippen LogP) is 1.92. The molecule has 2 N–H and O–H groups in total. The molecule has 0 spiro atoms. The quantitative estimate of drug-likeness (QED) is 0.846. The number of amides is 1. The van der Waals surface area contributed by atoms with Gasteiger partial charge >= 0.3 is 6.09 Å². The predicted molar refractivity (Wildman–Crippen MR) is 64.6 cm³/mol. The molecule has 1 amide bonds. The first-order chi connectivity index (χ1) is 7.69. The fourth-order valence-corrected chi connectivity index (χ4v) is 1.48. The van der Waals surface area contributed by atoms with Crippen molar-refractivity contribution in [1.29, 1.82) is 0 Å². The van der Waals surface area contributed by atoms with E-state index in [0.29, 0.717) is 13.1 Å². The average molecular weight is 222 g/mol. The van der Waals surface area contributed by atoms with E-state index in [9.17, 15) is 4.79 Å². The number of aryl methyl sites for hydroxylation is 1. The molecule has 0 aromatic heterocycles. The van der Waals surface area contributed by atoms with Crippen LogP contribution in [0, 0.1) is 6.92 Å². The molecule has 0 saturated heterocycles. The van der Waals surface area contributed by atoms with Crippen LogP contribution in [0.5, 0.6) is 0 Å². The number of ether oxygens (including phenoxy) is 1. The summed E-state index contributed by atoms with van der Waals surface area (Å²) in [4.78, 5) is 13.2. The molecule has 0 heterocycles. The summed E-state index contributed by atoms with van der Waals surface area (Å²) in [6.45, 7) is 3.12. The van der Waals surface area contributed by atoms with Crippen LogP contribution in [-0.2, 0) is 4.74 Å². The highest BCUT2D eigenvalue weighted by atomic mass is 16.5. The lowest BCUT2D eigenvalue weighted by atomic mass is 10.2. The van der Waals surface area contributed by atoms with Crippen LogP contribution in [0.1, 0.15) is 12.0 Å². The second kappa shape index (κ2) is 6.12. The SMILES string of the molecule is COC(=O)N(CCCN)c1cccc(C)c1. The van der Waals surface area contributed by atoms with E-state index in [4.69, 9.17) is 10.5 Å². The molecule has 0 radical (unpaired) electrons. The summed E-state index contributed by atoms with van der Waals surface area (Å²) in [6.07, 6.45) is 0.405. The summed E-state index contributed by atoms with van der Waals surface area (Å²) in [5, 5.41) is 0. The van der Waals surface area contributed by atoms with Gasteiger partial charge in [-0.2, -0.15) is 0 Å². The van der Waals surface area contributed by atoms with Crippen molar-refractivity contribution < 1.29 is 9.53 Å². The molecule has 1 rings (SSSR count). The molecule has 88 valence electrons. The van der Waals surface area contributed by atoms with Gasteiger partial charge in [-0.3, -0.25) is 4.90 Å². The van der Waals surface area contributed by atoms with E-state index in [2.05, 4.69) is 0 Å². The van der Waals surface area contributed by atoms with Crippen LogP contribution in [0.3, 0.4) is 0 Å². The highest BCUT2D eigenvalue weighted by molar-refractivity contribution is 5.87. The van der Waals surface area contributed by atoms with Crippen LogP contribution < -0.4 is 10.6 Å². The van der Waals surface area contributed by atoms with E-state index in [1.807, 2.05) is 31.2 Å². The first-order valence-corrected chi connectivity index (χ1v) is 5.31. The number of anilines is 1. The summed E-state index contributed by atoms with van der Waals surface area (Å²) >= 11 is 0. The van der Waals surface area contributed by atoms with Crippen LogP contribution >= 0.6 is 0 Å². The van der Waals surface area contributed by atoms with Crippen LogP contribution in [0.4, 0.5) is 10.5 Å². The molecule has 4 nitrogen and oxygen atoms in total. The van der Waals surface area contributed by atoms with Gasteiger partial charge in [0.1, 0.15) is 0 Å². The van der Waals surface area contributed by atoms with Gasteiger partial charge in [0.25, 0.3) is 0 Å². The largest absolute Gasteiger partial charge is 0.452 e. The number of methoxy groups -OCH3 is 1. The zero-order chi connectivity index (χ0) is 12.0. The van der Waals surface area contributed by atoms with Crippen LogP contribution in [0.2, 0.25) is 0 Å². The third-order valence-electron chi connectivity index (χ3n) is 2.29. The number of hydrogen-bond donors (Lipinski definition) is 1. The van der Waals surface area contributed by atoms with Gasteiger partial charge in [0, 0.05) is 12.2 Å². The van der Waals surface area contributed by atoms with Crippen molar-refractivity contribution in [2.24, 2.45) is 5.73 Å². The van der Waals surface area contributed by atoms with Gasteiger partial charge in [-0.05, 0) is 37.6 Å². The smallest absolute Gasteiger partial charge is 0.413 e. The molecule has 4 heteroatoms. The van der Waals surface area contributed by atoms with Crippen molar-refractivity contribution in [1.82, 2.24) is 0 Å². The molecule has 0 aliphatic rings. The number of carbonyl (C=O) groups is 1. The van der Waals surface area contributed by atoms with E-state index in [1.165, 1.54) is 7.11 Å². The molecule has 1 aromatic rings. The lowest BCUT2D eigenvalue weighted by Crippen LogP contribution is -2.32.